The molecule has 166 valence electrons. The molecule has 1 amide bonds. The molecular formula is C26H28N2O4. The second-order valence-electron chi connectivity index (χ2n) is 9.28. The normalized spacial score (nSPS) is 22.5. The number of nitrogens with zero attached hydrogens (tertiary/aromatic N) is 2. The lowest BCUT2D eigenvalue weighted by Crippen LogP contribution is -2.57. The molecule has 2 aliphatic rings. The second-order valence-corrected chi connectivity index (χ2v) is 9.28. The van der Waals surface area contributed by atoms with Crippen molar-refractivity contribution in [2.24, 2.45) is 0 Å². The van der Waals surface area contributed by atoms with Crippen LogP contribution < -0.4 is 10.3 Å². The number of carbonyl (C=O) groups is 1. The quantitative estimate of drug-likeness (QED) is 0.686. The van der Waals surface area contributed by atoms with Gasteiger partial charge in [-0.05, 0) is 44.4 Å². The molecule has 1 saturated heterocycles. The molecule has 2 aliphatic heterocycles. The highest BCUT2D eigenvalue weighted by molar-refractivity contribution is 5.88. The van der Waals surface area contributed by atoms with Crippen LogP contribution in [0.1, 0.15) is 50.3 Å². The summed E-state index contributed by atoms with van der Waals surface area (Å²) < 4.78 is 8.02. The van der Waals surface area contributed by atoms with E-state index in [9.17, 15) is 14.7 Å². The first-order valence-corrected chi connectivity index (χ1v) is 11.2. The van der Waals surface area contributed by atoms with Gasteiger partial charge in [-0.15, -0.1) is 0 Å². The maximum Gasteiger partial charge on any atom is 0.260 e. The van der Waals surface area contributed by atoms with Crippen molar-refractivity contribution in [3.8, 4) is 5.75 Å². The van der Waals surface area contributed by atoms with Crippen LogP contribution in [-0.4, -0.2) is 38.7 Å². The Morgan fingerprint density at radius 2 is 1.75 bits per heavy atom. The second kappa shape index (κ2) is 7.78. The molecule has 6 heteroatoms. The van der Waals surface area contributed by atoms with E-state index in [-0.39, 0.29) is 11.5 Å². The number of hydrogen-bond donors (Lipinski definition) is 1. The number of hydrogen-bond acceptors (Lipinski definition) is 4. The van der Waals surface area contributed by atoms with E-state index in [1.807, 2.05) is 68.4 Å². The van der Waals surface area contributed by atoms with Gasteiger partial charge in [-0.3, -0.25) is 9.59 Å². The van der Waals surface area contributed by atoms with Crippen molar-refractivity contribution in [3.05, 3.63) is 76.1 Å². The number of piperidine rings is 1. The van der Waals surface area contributed by atoms with Crippen molar-refractivity contribution >= 4 is 16.8 Å². The Hall–Kier alpha value is -3.12. The van der Waals surface area contributed by atoms with Gasteiger partial charge >= 0.3 is 0 Å². The molecule has 1 fully saturated rings. The maximum atomic E-state index is 14.0. The molecule has 0 unspecified atom stereocenters. The highest BCUT2D eigenvalue weighted by atomic mass is 16.5. The monoisotopic (exact) mass is 432 g/mol. The smallest absolute Gasteiger partial charge is 0.260 e. The fourth-order valence-electron chi connectivity index (χ4n) is 5.00. The molecule has 2 aromatic carbocycles. The van der Waals surface area contributed by atoms with E-state index in [1.165, 1.54) is 0 Å². The first-order valence-electron chi connectivity index (χ1n) is 11.2. The zero-order valence-corrected chi connectivity index (χ0v) is 18.5. The number of amides is 1. The van der Waals surface area contributed by atoms with Gasteiger partial charge < -0.3 is 19.3 Å². The zero-order chi connectivity index (χ0) is 22.5. The molecule has 0 aliphatic carbocycles. The number of likely N-dealkylation sites (tertiary alicyclic amines) is 1. The predicted molar refractivity (Wildman–Crippen MR) is 123 cm³/mol. The van der Waals surface area contributed by atoms with Gasteiger partial charge in [-0.25, -0.2) is 0 Å². The number of carbonyl (C=O) groups excluding carboxylic acids is 1. The molecule has 32 heavy (non-hydrogen) atoms. The Kier molecular flexibility index (Phi) is 5.05. The Morgan fingerprint density at radius 3 is 2.50 bits per heavy atom. The van der Waals surface area contributed by atoms with Crippen LogP contribution in [0, 0.1) is 0 Å². The SMILES string of the molecule is CC1(C)Oc2c(c(=O)n(Cc3ccccc3)c3ccccc23)[C@@H](N2CCCCC2=O)[C@@H]1O. The number of benzene rings is 2. The Morgan fingerprint density at radius 1 is 1.03 bits per heavy atom. The van der Waals surface area contributed by atoms with Crippen LogP contribution in [0.5, 0.6) is 5.75 Å². The molecule has 1 N–H and O–H groups in total. The van der Waals surface area contributed by atoms with E-state index in [1.54, 1.807) is 9.47 Å². The van der Waals surface area contributed by atoms with Crippen LogP contribution in [0.25, 0.3) is 10.9 Å². The van der Waals surface area contributed by atoms with Crippen LogP contribution in [0.3, 0.4) is 0 Å². The summed E-state index contributed by atoms with van der Waals surface area (Å²) in [6, 6.07) is 16.8. The number of aliphatic hydroxyl groups excluding tert-OH is 1. The highest BCUT2D eigenvalue weighted by Crippen LogP contribution is 2.45. The number of para-hydroxylation sites is 1. The third kappa shape index (κ3) is 3.30. The van der Waals surface area contributed by atoms with E-state index in [0.29, 0.717) is 30.8 Å². The summed E-state index contributed by atoms with van der Waals surface area (Å²) in [6.45, 7) is 4.55. The Bertz CT molecular complexity index is 1230. The number of aliphatic hydroxyl groups is 1. The summed E-state index contributed by atoms with van der Waals surface area (Å²) >= 11 is 0. The van der Waals surface area contributed by atoms with Crippen molar-refractivity contribution in [1.82, 2.24) is 9.47 Å². The van der Waals surface area contributed by atoms with Crippen molar-refractivity contribution in [2.45, 2.75) is 57.4 Å². The van der Waals surface area contributed by atoms with Gasteiger partial charge in [0.25, 0.3) is 5.56 Å². The molecule has 1 aromatic heterocycles. The minimum Gasteiger partial charge on any atom is -0.484 e. The van der Waals surface area contributed by atoms with Crippen LogP contribution in [0.15, 0.2) is 59.4 Å². The molecule has 0 spiro atoms. The Labute approximate surface area is 187 Å². The summed E-state index contributed by atoms with van der Waals surface area (Å²) in [5.74, 6) is 0.458. The fourth-order valence-corrected chi connectivity index (χ4v) is 5.00. The fraction of sp³-hybridized carbons (Fsp3) is 0.385. The van der Waals surface area contributed by atoms with Gasteiger partial charge in [0.15, 0.2) is 0 Å². The summed E-state index contributed by atoms with van der Waals surface area (Å²) in [7, 11) is 0. The average Bonchev–Trinajstić information content (AvgIpc) is 2.79. The lowest BCUT2D eigenvalue weighted by atomic mass is 9.84. The lowest BCUT2D eigenvalue weighted by Gasteiger charge is -2.47. The molecule has 3 heterocycles. The first-order chi connectivity index (χ1) is 15.4. The van der Waals surface area contributed by atoms with Crippen LogP contribution in [0.4, 0.5) is 0 Å². The van der Waals surface area contributed by atoms with E-state index >= 15 is 0 Å². The largest absolute Gasteiger partial charge is 0.484 e. The van der Waals surface area contributed by atoms with Crippen LogP contribution in [0.2, 0.25) is 0 Å². The van der Waals surface area contributed by atoms with Gasteiger partial charge in [0.2, 0.25) is 5.91 Å². The maximum absolute atomic E-state index is 14.0. The van der Waals surface area contributed by atoms with Gasteiger partial charge in [-0.1, -0.05) is 42.5 Å². The minimum absolute atomic E-state index is 0.0221. The highest BCUT2D eigenvalue weighted by Gasteiger charge is 2.49. The van der Waals surface area contributed by atoms with Gasteiger partial charge in [-0.2, -0.15) is 0 Å². The van der Waals surface area contributed by atoms with Gasteiger partial charge in [0, 0.05) is 18.4 Å². The lowest BCUT2D eigenvalue weighted by molar-refractivity contribution is -0.147. The predicted octanol–water partition coefficient (Wildman–Crippen LogP) is 3.64. The molecule has 5 rings (SSSR count). The molecule has 3 aromatic rings. The number of rotatable bonds is 3. The van der Waals surface area contributed by atoms with Gasteiger partial charge in [0.1, 0.15) is 17.5 Å². The molecular weight excluding hydrogens is 404 g/mol. The summed E-state index contributed by atoms with van der Waals surface area (Å²) in [4.78, 5) is 28.6. The molecule has 6 nitrogen and oxygen atoms in total. The minimum atomic E-state index is -1.02. The third-order valence-corrected chi connectivity index (χ3v) is 6.71. The number of fused-ring (bicyclic) bond motifs is 3. The first kappa shape index (κ1) is 20.8. The summed E-state index contributed by atoms with van der Waals surface area (Å²) in [5, 5.41) is 12.1. The van der Waals surface area contributed by atoms with Gasteiger partial charge in [0.05, 0.1) is 23.7 Å². The third-order valence-electron chi connectivity index (χ3n) is 6.71. The van der Waals surface area contributed by atoms with E-state index < -0.39 is 17.7 Å². The van der Waals surface area contributed by atoms with Crippen LogP contribution in [-0.2, 0) is 11.3 Å². The standard InChI is InChI=1S/C26H28N2O4/c1-26(2)24(30)22(27-15-9-8-14-20(27)29)21-23(32-26)18-12-6-7-13-19(18)28(25(21)31)16-17-10-4-3-5-11-17/h3-7,10-13,22,24,30H,8-9,14-16H2,1-2H3/t22-,24+/m1/s1. The molecule has 0 radical (unpaired) electrons. The number of aromatic nitrogens is 1. The average molecular weight is 433 g/mol. The van der Waals surface area contributed by atoms with E-state index in [4.69, 9.17) is 4.74 Å². The molecule has 0 bridgehead atoms. The Balaban J connectivity index is 1.78. The summed E-state index contributed by atoms with van der Waals surface area (Å²) in [6.07, 6.45) is 1.11. The van der Waals surface area contributed by atoms with E-state index in [2.05, 4.69) is 0 Å². The van der Waals surface area contributed by atoms with Crippen molar-refractivity contribution in [2.75, 3.05) is 6.54 Å². The van der Waals surface area contributed by atoms with Crippen molar-refractivity contribution in [1.29, 1.82) is 0 Å². The van der Waals surface area contributed by atoms with Crippen molar-refractivity contribution in [3.63, 3.8) is 0 Å². The van der Waals surface area contributed by atoms with Crippen molar-refractivity contribution < 1.29 is 14.6 Å². The zero-order valence-electron chi connectivity index (χ0n) is 18.5. The summed E-state index contributed by atoms with van der Waals surface area (Å²) in [5.41, 5.74) is 0.983. The molecule has 2 atom stereocenters. The number of pyridine rings is 1. The van der Waals surface area contributed by atoms with E-state index in [0.717, 1.165) is 29.3 Å². The number of ether oxygens (including phenoxy) is 1. The molecule has 0 saturated carbocycles. The topological polar surface area (TPSA) is 71.8 Å². The van der Waals surface area contributed by atoms with Crippen LogP contribution >= 0.6 is 0 Å².